The van der Waals surface area contributed by atoms with Gasteiger partial charge in [0, 0.05) is 31.6 Å². The van der Waals surface area contributed by atoms with Crippen LogP contribution in [-0.2, 0) is 66.1 Å². The molecule has 13 heteroatoms. The van der Waals surface area contributed by atoms with Gasteiger partial charge in [-0.1, -0.05) is 19.3 Å². The molecule has 0 saturated carbocycles. The van der Waals surface area contributed by atoms with Crippen molar-refractivity contribution in [2.24, 2.45) is 5.14 Å². The number of nitrogens with zero attached hydrogens (tertiary/aromatic N) is 4. The zero-order chi connectivity index (χ0) is 29.5. The molecule has 0 aliphatic heterocycles. The minimum atomic E-state index is -3.80. The van der Waals surface area contributed by atoms with Crippen LogP contribution in [-0.4, -0.2) is 73.9 Å². The van der Waals surface area contributed by atoms with Crippen LogP contribution >= 0.6 is 0 Å². The number of nitrogens with two attached hydrogens (primary N) is 1. The Labute approximate surface area is 273 Å². The van der Waals surface area contributed by atoms with Gasteiger partial charge < -0.3 is 40.2 Å². The van der Waals surface area contributed by atoms with E-state index in [4.69, 9.17) is 35.1 Å². The smallest absolute Gasteiger partial charge is 0.238 e. The molecule has 0 bridgehead atoms. The molecular weight excluding hydrogens is 647 g/mol. The Bertz CT molecular complexity index is 1280. The van der Waals surface area contributed by atoms with Gasteiger partial charge in [0.15, 0.2) is 0 Å². The van der Waals surface area contributed by atoms with E-state index >= 15 is 0 Å². The molecule has 3 rings (SSSR count). The monoisotopic (exact) mass is 684 g/mol. The number of hydrogen-bond acceptors (Lipinski definition) is 7. The zero-order valence-corrected chi connectivity index (χ0v) is 29.4. The molecule has 42 heavy (non-hydrogen) atoms. The van der Waals surface area contributed by atoms with Gasteiger partial charge >= 0.3 is 0 Å². The van der Waals surface area contributed by atoms with Gasteiger partial charge in [-0.3, -0.25) is 0 Å². The summed E-state index contributed by atoms with van der Waals surface area (Å²) in [6.45, 7) is 5.51. The van der Waals surface area contributed by atoms with Crippen molar-refractivity contribution in [3.8, 4) is 16.9 Å². The molecule has 0 atom stereocenters. The molecular formula is C29H39FN5O3S3Zn-3. The van der Waals surface area contributed by atoms with Crippen molar-refractivity contribution in [2.45, 2.75) is 43.6 Å². The van der Waals surface area contributed by atoms with E-state index in [1.807, 2.05) is 6.07 Å². The van der Waals surface area contributed by atoms with Crippen molar-refractivity contribution in [3.63, 3.8) is 0 Å². The molecule has 0 unspecified atom stereocenters. The van der Waals surface area contributed by atoms with Crippen LogP contribution in [0.25, 0.3) is 22.3 Å². The van der Waals surface area contributed by atoms with Crippen molar-refractivity contribution in [1.82, 2.24) is 14.7 Å². The zero-order valence-electron chi connectivity index (χ0n) is 24.0. The third-order valence-corrected chi connectivity index (χ3v) is 7.85. The number of hydrogen-bond donors (Lipinski definition) is 1. The van der Waals surface area contributed by atoms with Crippen LogP contribution in [0.1, 0.15) is 37.8 Å². The summed E-state index contributed by atoms with van der Waals surface area (Å²) in [6.07, 6.45) is 5.55. The number of aromatic nitrogens is 2. The summed E-state index contributed by atoms with van der Waals surface area (Å²) in [5.74, 6) is 1.10. The van der Waals surface area contributed by atoms with Gasteiger partial charge in [-0.2, -0.15) is 23.1 Å². The third kappa shape index (κ3) is 12.7. The fourth-order valence-corrected chi connectivity index (χ4v) is 5.30. The first-order chi connectivity index (χ1) is 19.8. The molecule has 0 spiro atoms. The number of unbranched alkanes of at least 4 members (excludes halogenated alkanes) is 4. The van der Waals surface area contributed by atoms with E-state index < -0.39 is 10.0 Å². The van der Waals surface area contributed by atoms with Crippen molar-refractivity contribution in [2.75, 3.05) is 50.8 Å². The quantitative estimate of drug-likeness (QED) is 0.106. The van der Waals surface area contributed by atoms with Gasteiger partial charge in [-0.15, -0.1) is 6.54 Å². The Hall–Kier alpha value is -1.31. The first kappa shape index (κ1) is 36.9. The summed E-state index contributed by atoms with van der Waals surface area (Å²) in [6, 6.07) is 14.2. The van der Waals surface area contributed by atoms with Crippen LogP contribution in [0, 0.1) is 5.82 Å². The minimum Gasteiger partial charge on any atom is -0.794 e. The molecule has 8 nitrogen and oxygen atoms in total. The van der Waals surface area contributed by atoms with Crippen LogP contribution in [0.5, 0.6) is 0 Å². The van der Waals surface area contributed by atoms with Crippen LogP contribution in [0.2, 0.25) is 0 Å². The predicted octanol–water partition coefficient (Wildman–Crippen LogP) is 4.56. The Kier molecular flexibility index (Phi) is 17.4. The first-order valence-corrected chi connectivity index (χ1v) is 16.6. The molecule has 3 aromatic rings. The van der Waals surface area contributed by atoms with Gasteiger partial charge in [-0.25, -0.2) is 22.6 Å². The van der Waals surface area contributed by atoms with Crippen LogP contribution in [0.15, 0.2) is 59.5 Å². The molecule has 1 heterocycles. The van der Waals surface area contributed by atoms with Crippen molar-refractivity contribution in [3.05, 3.63) is 71.4 Å². The molecule has 1 aromatic heterocycles. The number of sulfonamides is 1. The van der Waals surface area contributed by atoms with Gasteiger partial charge in [0.05, 0.1) is 28.6 Å². The largest absolute Gasteiger partial charge is 0.794 e. The van der Waals surface area contributed by atoms with Gasteiger partial charge in [0.25, 0.3) is 0 Å². The molecule has 0 aliphatic carbocycles. The summed E-state index contributed by atoms with van der Waals surface area (Å²) >= 11 is 10.1. The first-order valence-electron chi connectivity index (χ1n) is 13.9. The standard InChI is InChI=1S/C29H41FN5O3S3.Zn/c30-25-8-6-24(7-9-25)29-22-26(33-35(29)27-10-12-28(13-11-27)41(31,36)37)23-38-19-5-3-1-2-4-16-34(18-21-40)17-14-32-15-20-39;/h6-13,22,39-40H,1-5,14-21,23H2,(H2,31,36,37);/q-1;/p-2. The molecule has 0 aliphatic rings. The fourth-order valence-electron chi connectivity index (χ4n) is 4.40. The maximum Gasteiger partial charge on any atom is 0.238 e. The van der Waals surface area contributed by atoms with E-state index in [0.29, 0.717) is 24.7 Å². The SMILES string of the molecule is NS(=O)(=O)c1ccc(-n2nc(COCCCCCCCN(CC[S-])CC[N-]CC[S-])cc2-c2ccc(F)cc2)cc1.[Zn]. The maximum atomic E-state index is 13.5. The number of ether oxygens (including phenoxy) is 1. The average molecular weight is 686 g/mol. The summed E-state index contributed by atoms with van der Waals surface area (Å²) < 4.78 is 44.4. The second-order valence-corrected chi connectivity index (χ2v) is 12.1. The predicted molar refractivity (Wildman–Crippen MR) is 167 cm³/mol. The molecule has 0 radical (unpaired) electrons. The molecule has 228 valence electrons. The number of halogens is 1. The molecule has 0 amide bonds. The van der Waals surface area contributed by atoms with E-state index in [-0.39, 0.29) is 30.2 Å². The third-order valence-electron chi connectivity index (χ3n) is 6.55. The fraction of sp³-hybridized carbons (Fsp3) is 0.483. The molecule has 0 saturated heterocycles. The normalized spacial score (nSPS) is 11.6. The maximum absolute atomic E-state index is 13.5. The van der Waals surface area contributed by atoms with Crippen LogP contribution in [0.3, 0.4) is 0 Å². The van der Waals surface area contributed by atoms with Crippen molar-refractivity contribution < 1.29 is 37.0 Å². The second kappa shape index (κ2) is 19.9. The number of primary sulfonamides is 1. The van der Waals surface area contributed by atoms with Gasteiger partial charge in [0.2, 0.25) is 10.0 Å². The van der Waals surface area contributed by atoms with Gasteiger partial charge in [0.1, 0.15) is 5.82 Å². The summed E-state index contributed by atoms with van der Waals surface area (Å²) in [7, 11) is -3.80. The molecule has 2 N–H and O–H groups in total. The summed E-state index contributed by atoms with van der Waals surface area (Å²) in [4.78, 5) is 2.42. The Morgan fingerprint density at radius 3 is 2.26 bits per heavy atom. The van der Waals surface area contributed by atoms with Crippen LogP contribution in [0.4, 0.5) is 4.39 Å². The van der Waals surface area contributed by atoms with Gasteiger partial charge in [-0.05, 0) is 87.1 Å². The molecule has 0 fully saturated rings. The van der Waals surface area contributed by atoms with E-state index in [0.717, 1.165) is 81.1 Å². The minimum absolute atomic E-state index is 0. The summed E-state index contributed by atoms with van der Waals surface area (Å²) in [5, 5.41) is 14.4. The topological polar surface area (TPSA) is 105 Å². The van der Waals surface area contributed by atoms with E-state index in [1.165, 1.54) is 30.7 Å². The second-order valence-electron chi connectivity index (χ2n) is 9.72. The van der Waals surface area contributed by atoms with E-state index in [9.17, 15) is 12.8 Å². The Morgan fingerprint density at radius 2 is 1.60 bits per heavy atom. The average Bonchev–Trinajstić information content (AvgIpc) is 3.38. The van der Waals surface area contributed by atoms with Crippen LogP contribution < -0.4 is 5.14 Å². The Balaban J connectivity index is 0.00000616. The van der Waals surface area contributed by atoms with E-state index in [1.54, 1.807) is 28.9 Å². The molecule has 2 aromatic carbocycles. The Morgan fingerprint density at radius 1 is 0.905 bits per heavy atom. The van der Waals surface area contributed by atoms with Crippen molar-refractivity contribution in [1.29, 1.82) is 0 Å². The summed E-state index contributed by atoms with van der Waals surface area (Å²) in [5.41, 5.74) is 2.89. The van der Waals surface area contributed by atoms with Crippen molar-refractivity contribution >= 4 is 35.3 Å². The number of rotatable bonds is 20. The van der Waals surface area contributed by atoms with E-state index in [2.05, 4.69) is 15.3 Å². The number of benzene rings is 2.